The molecule has 0 amide bonds. The Labute approximate surface area is 136 Å². The van der Waals surface area contributed by atoms with Gasteiger partial charge in [0.15, 0.2) is 4.98 Å². The van der Waals surface area contributed by atoms with Gasteiger partial charge in [0.05, 0.1) is 0 Å². The van der Waals surface area contributed by atoms with Gasteiger partial charge in [-0.05, 0) is 11.1 Å². The number of hydrogen-bond acceptors (Lipinski definition) is 4. The first kappa shape index (κ1) is 16.5. The van der Waals surface area contributed by atoms with Crippen LogP contribution >= 0.6 is 0 Å². The predicted octanol–water partition coefficient (Wildman–Crippen LogP) is 3.92. The summed E-state index contributed by atoms with van der Waals surface area (Å²) in [5.74, 6) is -0.396. The number of benzene rings is 2. The van der Waals surface area contributed by atoms with E-state index in [9.17, 15) is 5.11 Å². The van der Waals surface area contributed by atoms with E-state index in [2.05, 4.69) is 34.1 Å². The zero-order chi connectivity index (χ0) is 16.3. The van der Waals surface area contributed by atoms with Gasteiger partial charge in [-0.25, -0.2) is 0 Å². The molecule has 0 atom stereocenters. The fourth-order valence-electron chi connectivity index (χ4n) is 2.26. The van der Waals surface area contributed by atoms with Crippen molar-refractivity contribution in [2.75, 3.05) is 13.2 Å². The van der Waals surface area contributed by atoms with Gasteiger partial charge in [0.1, 0.15) is 6.61 Å². The Morgan fingerprint density at radius 3 is 2.00 bits per heavy atom. The van der Waals surface area contributed by atoms with Crippen molar-refractivity contribution >= 4 is 0 Å². The van der Waals surface area contributed by atoms with Gasteiger partial charge in [-0.15, -0.1) is 0 Å². The first-order valence-electron chi connectivity index (χ1n) is 7.44. The highest BCUT2D eigenvalue weighted by Gasteiger charge is 2.09. The zero-order valence-electron chi connectivity index (χ0n) is 12.9. The van der Waals surface area contributed by atoms with Gasteiger partial charge in [0.25, 0.3) is 0 Å². The second-order valence-corrected chi connectivity index (χ2v) is 5.11. The summed E-state index contributed by atoms with van der Waals surface area (Å²) in [6.07, 6.45) is 0.860. The Bertz CT molecular complexity index is 609. The van der Waals surface area contributed by atoms with Gasteiger partial charge in [-0.1, -0.05) is 60.7 Å². The summed E-state index contributed by atoms with van der Waals surface area (Å²) in [5, 5.41) is 17.6. The molecule has 0 heterocycles. The molecular weight excluding hydrogens is 290 g/mol. The van der Waals surface area contributed by atoms with Crippen LogP contribution in [0.4, 0.5) is 0 Å². The van der Waals surface area contributed by atoms with Crippen molar-refractivity contribution in [1.29, 1.82) is 5.39 Å². The van der Waals surface area contributed by atoms with E-state index in [0.717, 1.165) is 19.3 Å². The minimum atomic E-state index is -0.396. The lowest BCUT2D eigenvalue weighted by atomic mass is 10.1. The van der Waals surface area contributed by atoms with Crippen molar-refractivity contribution < 1.29 is 9.84 Å². The van der Waals surface area contributed by atoms with Gasteiger partial charge in [-0.3, -0.25) is 4.90 Å². The maximum Gasteiger partial charge on any atom is 0.429 e. The lowest BCUT2D eigenvalue weighted by Gasteiger charge is -2.22. The van der Waals surface area contributed by atoms with Crippen LogP contribution in [-0.4, -0.2) is 23.2 Å². The van der Waals surface area contributed by atoms with Crippen molar-refractivity contribution in [3.63, 3.8) is 0 Å². The van der Waals surface area contributed by atoms with Crippen LogP contribution in [0.15, 0.2) is 72.8 Å². The first-order valence-corrected chi connectivity index (χ1v) is 7.44. The number of hydrogen-bond donors (Lipinski definition) is 1. The van der Waals surface area contributed by atoms with Gasteiger partial charge in [0.2, 0.25) is 5.39 Å². The summed E-state index contributed by atoms with van der Waals surface area (Å²) in [6, 6.07) is 20.4. The van der Waals surface area contributed by atoms with Crippen LogP contribution in [-0.2, 0) is 17.8 Å². The Hall–Kier alpha value is -2.84. The van der Waals surface area contributed by atoms with Gasteiger partial charge >= 0.3 is 12.1 Å². The highest BCUT2D eigenvalue weighted by Crippen LogP contribution is 2.10. The Kier molecular flexibility index (Phi) is 6.64. The number of aliphatic hydroxyl groups excluding tert-OH is 1. The smallest absolute Gasteiger partial charge is 0.429 e. The third kappa shape index (κ3) is 6.20. The van der Waals surface area contributed by atoms with E-state index in [1.54, 1.807) is 0 Å². The molecule has 0 fully saturated rings. The van der Waals surface area contributed by atoms with E-state index < -0.39 is 5.95 Å². The molecule has 1 N–H and O–H groups in total. The van der Waals surface area contributed by atoms with Crippen LogP contribution in [0.1, 0.15) is 11.1 Å². The number of nitrogens with zero attached hydrogens (tertiary/aromatic N) is 3. The summed E-state index contributed by atoms with van der Waals surface area (Å²) in [7, 11) is 0. The lowest BCUT2D eigenvalue weighted by Crippen LogP contribution is -2.26. The molecule has 23 heavy (non-hydrogen) atoms. The van der Waals surface area contributed by atoms with Crippen molar-refractivity contribution in [2.24, 2.45) is 0 Å². The third-order valence-electron chi connectivity index (χ3n) is 3.32. The normalized spacial score (nSPS) is 11.2. The molecule has 0 unspecified atom stereocenters. The van der Waals surface area contributed by atoms with Crippen LogP contribution in [0.25, 0.3) is 4.98 Å². The van der Waals surface area contributed by atoms with Crippen molar-refractivity contribution in [1.82, 2.24) is 4.90 Å². The molecule has 5 nitrogen and oxygen atoms in total. The molecule has 0 aliphatic rings. The first-order chi connectivity index (χ1) is 11.3. The number of diazo groups is 1. The Morgan fingerprint density at radius 2 is 1.52 bits per heavy atom. The molecule has 0 aliphatic heterocycles. The quantitative estimate of drug-likeness (QED) is 0.593. The molecule has 0 aliphatic carbocycles. The van der Waals surface area contributed by atoms with Crippen LogP contribution in [0.3, 0.4) is 0 Å². The summed E-state index contributed by atoms with van der Waals surface area (Å²) in [5.41, 5.74) is 2.43. The standard InChI is InChI=1S/C18H19N3O2/c19-20-13-18(22)23-12-11-21(14-16-7-3-1-4-8-16)15-17-9-5-2-6-10-17/h1-10,13H,11-12,14-15H2/p+1/b18-13+. The summed E-state index contributed by atoms with van der Waals surface area (Å²) >= 11 is 0. The molecule has 0 saturated carbocycles. The van der Waals surface area contributed by atoms with E-state index in [-0.39, 0.29) is 0 Å². The van der Waals surface area contributed by atoms with Crippen LogP contribution in [0, 0.1) is 5.39 Å². The second-order valence-electron chi connectivity index (χ2n) is 5.11. The molecule has 0 bridgehead atoms. The molecular formula is C18H20N3O2+. The van der Waals surface area contributed by atoms with Gasteiger partial charge < -0.3 is 9.84 Å². The monoisotopic (exact) mass is 310 g/mol. The highest BCUT2D eigenvalue weighted by molar-refractivity contribution is 5.17. The minimum absolute atomic E-state index is 0.303. The number of ether oxygens (including phenoxy) is 1. The van der Waals surface area contributed by atoms with Gasteiger partial charge in [-0.2, -0.15) is 0 Å². The second kappa shape index (κ2) is 9.23. The summed E-state index contributed by atoms with van der Waals surface area (Å²) in [4.78, 5) is 4.95. The summed E-state index contributed by atoms with van der Waals surface area (Å²) in [6.45, 7) is 2.51. The summed E-state index contributed by atoms with van der Waals surface area (Å²) < 4.78 is 5.11. The van der Waals surface area contributed by atoms with Gasteiger partial charge in [0, 0.05) is 19.6 Å². The fourth-order valence-corrected chi connectivity index (χ4v) is 2.26. The lowest BCUT2D eigenvalue weighted by molar-refractivity contribution is 0.0718. The molecule has 0 saturated heterocycles. The molecule has 5 heteroatoms. The van der Waals surface area contributed by atoms with Crippen molar-refractivity contribution in [2.45, 2.75) is 13.1 Å². The van der Waals surface area contributed by atoms with E-state index in [1.807, 2.05) is 36.4 Å². The van der Waals surface area contributed by atoms with Crippen molar-refractivity contribution in [3.8, 4) is 0 Å². The van der Waals surface area contributed by atoms with Crippen LogP contribution in [0.2, 0.25) is 0 Å². The maximum absolute atomic E-state index is 9.31. The predicted molar refractivity (Wildman–Crippen MR) is 88.7 cm³/mol. The molecule has 118 valence electrons. The Balaban J connectivity index is 1.96. The van der Waals surface area contributed by atoms with E-state index in [4.69, 9.17) is 10.1 Å². The maximum atomic E-state index is 9.31. The molecule has 2 aromatic carbocycles. The minimum Gasteiger partial charge on any atom is -0.476 e. The third-order valence-corrected chi connectivity index (χ3v) is 3.32. The van der Waals surface area contributed by atoms with Crippen LogP contribution in [0.5, 0.6) is 0 Å². The average Bonchev–Trinajstić information content (AvgIpc) is 2.57. The molecule has 2 aromatic rings. The van der Waals surface area contributed by atoms with E-state index >= 15 is 0 Å². The highest BCUT2D eigenvalue weighted by atomic mass is 16.6. The van der Waals surface area contributed by atoms with Crippen LogP contribution < -0.4 is 0 Å². The molecule has 0 aromatic heterocycles. The number of aliphatic hydroxyl groups is 1. The number of rotatable bonds is 8. The average molecular weight is 310 g/mol. The zero-order valence-corrected chi connectivity index (χ0v) is 12.9. The SMILES string of the molecule is N#[N+]/C=C(\O)OCCN(Cc1ccccc1)Cc1ccccc1. The topological polar surface area (TPSA) is 60.9 Å². The van der Waals surface area contributed by atoms with E-state index in [1.165, 1.54) is 11.1 Å². The van der Waals surface area contributed by atoms with Crippen molar-refractivity contribution in [3.05, 3.63) is 88.9 Å². The largest absolute Gasteiger partial charge is 0.476 e. The molecule has 0 radical (unpaired) electrons. The molecule has 0 spiro atoms. The Morgan fingerprint density at radius 1 is 1.00 bits per heavy atom. The van der Waals surface area contributed by atoms with E-state index in [0.29, 0.717) is 13.2 Å². The fraction of sp³-hybridized carbons (Fsp3) is 0.222. The molecule has 2 rings (SSSR count).